The minimum Gasteiger partial charge on any atom is -0.469 e. The summed E-state index contributed by atoms with van der Waals surface area (Å²) in [6.07, 6.45) is 3.63. The molecule has 0 saturated carbocycles. The molecule has 0 saturated heterocycles. The molecule has 2 heterocycles. The van der Waals surface area contributed by atoms with Gasteiger partial charge in [0.1, 0.15) is 5.60 Å². The van der Waals surface area contributed by atoms with Crippen molar-refractivity contribution in [3.8, 4) is 17.0 Å². The van der Waals surface area contributed by atoms with Gasteiger partial charge < -0.3 is 9.26 Å². The summed E-state index contributed by atoms with van der Waals surface area (Å²) in [5.41, 5.74) is 3.58. The molecule has 0 aliphatic carbocycles. The van der Waals surface area contributed by atoms with Crippen LogP contribution >= 0.6 is 0 Å². The summed E-state index contributed by atoms with van der Waals surface area (Å²) in [5.74, 6) is 0.529. The molecular formula is C17H18N2O2. The highest BCUT2D eigenvalue weighted by Crippen LogP contribution is 2.35. The lowest BCUT2D eigenvalue weighted by atomic mass is 10.0. The van der Waals surface area contributed by atoms with E-state index in [2.05, 4.69) is 17.1 Å². The number of pyridine rings is 1. The number of hydrogen-bond acceptors (Lipinski definition) is 4. The predicted molar refractivity (Wildman–Crippen MR) is 82.4 cm³/mol. The van der Waals surface area contributed by atoms with Crippen LogP contribution in [0.25, 0.3) is 22.1 Å². The number of benzene rings is 1. The van der Waals surface area contributed by atoms with Gasteiger partial charge in [0.15, 0.2) is 5.58 Å². The third-order valence-corrected chi connectivity index (χ3v) is 3.20. The van der Waals surface area contributed by atoms with Crippen molar-refractivity contribution in [3.05, 3.63) is 42.2 Å². The maximum atomic E-state index is 5.86. The van der Waals surface area contributed by atoms with E-state index in [1.165, 1.54) is 0 Å². The second-order valence-electron chi connectivity index (χ2n) is 6.08. The van der Waals surface area contributed by atoms with Crippen LogP contribution in [0.1, 0.15) is 26.3 Å². The van der Waals surface area contributed by atoms with Gasteiger partial charge in [0.05, 0.1) is 5.39 Å². The molecule has 2 aromatic heterocycles. The number of fused-ring (bicyclic) bond motifs is 1. The fourth-order valence-corrected chi connectivity index (χ4v) is 2.26. The number of ether oxygens (including phenoxy) is 1. The van der Waals surface area contributed by atoms with Gasteiger partial charge in [-0.15, -0.1) is 0 Å². The van der Waals surface area contributed by atoms with Crippen LogP contribution < -0.4 is 4.74 Å². The van der Waals surface area contributed by atoms with Gasteiger partial charge in [0.25, 0.3) is 5.88 Å². The Labute approximate surface area is 123 Å². The molecule has 0 bridgehead atoms. The topological polar surface area (TPSA) is 48.2 Å². The minimum atomic E-state index is -0.315. The molecule has 0 spiro atoms. The number of aromatic nitrogens is 2. The number of para-hydroxylation sites is 1. The quantitative estimate of drug-likeness (QED) is 0.700. The van der Waals surface area contributed by atoms with Gasteiger partial charge in [0.2, 0.25) is 0 Å². The van der Waals surface area contributed by atoms with Crippen molar-refractivity contribution >= 4 is 11.0 Å². The second-order valence-corrected chi connectivity index (χ2v) is 6.08. The van der Waals surface area contributed by atoms with E-state index in [9.17, 15) is 0 Å². The Morgan fingerprint density at radius 2 is 1.90 bits per heavy atom. The first-order valence-corrected chi connectivity index (χ1v) is 6.94. The fourth-order valence-electron chi connectivity index (χ4n) is 2.26. The molecule has 108 valence electrons. The van der Waals surface area contributed by atoms with Crippen LogP contribution in [0.15, 0.2) is 41.2 Å². The Kier molecular flexibility index (Phi) is 3.16. The molecule has 0 unspecified atom stereocenters. The van der Waals surface area contributed by atoms with Crippen molar-refractivity contribution in [2.75, 3.05) is 0 Å². The minimum absolute atomic E-state index is 0.315. The van der Waals surface area contributed by atoms with Crippen molar-refractivity contribution < 1.29 is 9.26 Å². The first kappa shape index (κ1) is 13.6. The number of nitrogens with zero attached hydrogens (tertiary/aromatic N) is 2. The van der Waals surface area contributed by atoms with Crippen molar-refractivity contribution in [2.45, 2.75) is 33.3 Å². The average Bonchev–Trinajstić information content (AvgIpc) is 2.81. The van der Waals surface area contributed by atoms with Gasteiger partial charge >= 0.3 is 0 Å². The predicted octanol–water partition coefficient (Wildman–Crippen LogP) is 4.38. The molecule has 0 amide bonds. The van der Waals surface area contributed by atoms with E-state index in [0.717, 1.165) is 27.7 Å². The first-order chi connectivity index (χ1) is 9.96. The largest absolute Gasteiger partial charge is 0.469 e. The third-order valence-electron chi connectivity index (χ3n) is 3.20. The van der Waals surface area contributed by atoms with E-state index >= 15 is 0 Å². The molecule has 3 aromatic rings. The van der Waals surface area contributed by atoms with Crippen LogP contribution in [0.2, 0.25) is 0 Å². The highest BCUT2D eigenvalue weighted by atomic mass is 16.6. The first-order valence-electron chi connectivity index (χ1n) is 6.94. The lowest BCUT2D eigenvalue weighted by Gasteiger charge is -2.18. The monoisotopic (exact) mass is 282 g/mol. The summed E-state index contributed by atoms with van der Waals surface area (Å²) < 4.78 is 11.4. The molecule has 0 fully saturated rings. The SMILES string of the molecule is Cc1ccncc1-c1cccc2c(OC(C)(C)C)noc12. The zero-order valence-corrected chi connectivity index (χ0v) is 12.7. The molecule has 0 radical (unpaired) electrons. The number of rotatable bonds is 2. The highest BCUT2D eigenvalue weighted by molar-refractivity contribution is 5.95. The van der Waals surface area contributed by atoms with Crippen molar-refractivity contribution in [1.29, 1.82) is 0 Å². The molecule has 1 aromatic carbocycles. The van der Waals surface area contributed by atoms with E-state index in [1.807, 2.05) is 51.2 Å². The van der Waals surface area contributed by atoms with Crippen LogP contribution in [0.5, 0.6) is 5.88 Å². The normalized spacial score (nSPS) is 11.8. The van der Waals surface area contributed by atoms with E-state index in [4.69, 9.17) is 9.26 Å². The van der Waals surface area contributed by atoms with Crippen LogP contribution in [0.3, 0.4) is 0 Å². The fraction of sp³-hybridized carbons (Fsp3) is 0.294. The lowest BCUT2D eigenvalue weighted by Crippen LogP contribution is -2.23. The Hall–Kier alpha value is -2.36. The summed E-state index contributed by atoms with van der Waals surface area (Å²) >= 11 is 0. The van der Waals surface area contributed by atoms with Gasteiger partial charge in [-0.3, -0.25) is 4.98 Å². The summed E-state index contributed by atoms with van der Waals surface area (Å²) in [6.45, 7) is 8.02. The lowest BCUT2D eigenvalue weighted by molar-refractivity contribution is 0.119. The van der Waals surface area contributed by atoms with Crippen LogP contribution in [0, 0.1) is 6.92 Å². The van der Waals surface area contributed by atoms with Crippen molar-refractivity contribution in [3.63, 3.8) is 0 Å². The van der Waals surface area contributed by atoms with E-state index < -0.39 is 0 Å². The van der Waals surface area contributed by atoms with E-state index in [1.54, 1.807) is 6.20 Å². The van der Waals surface area contributed by atoms with Crippen LogP contribution in [-0.2, 0) is 0 Å². The van der Waals surface area contributed by atoms with Gasteiger partial charge in [-0.05, 0) is 50.5 Å². The van der Waals surface area contributed by atoms with Gasteiger partial charge in [-0.1, -0.05) is 12.1 Å². The molecule has 0 aliphatic heterocycles. The molecule has 0 atom stereocenters. The third kappa shape index (κ3) is 2.61. The summed E-state index contributed by atoms with van der Waals surface area (Å²) in [4.78, 5) is 4.20. The molecular weight excluding hydrogens is 264 g/mol. The van der Waals surface area contributed by atoms with Gasteiger partial charge in [0, 0.05) is 23.5 Å². The number of hydrogen-bond donors (Lipinski definition) is 0. The van der Waals surface area contributed by atoms with Crippen LogP contribution in [-0.4, -0.2) is 15.7 Å². The Balaban J connectivity index is 2.17. The zero-order chi connectivity index (χ0) is 15.0. The summed E-state index contributed by atoms with van der Waals surface area (Å²) in [7, 11) is 0. The second kappa shape index (κ2) is 4.88. The van der Waals surface area contributed by atoms with Crippen molar-refractivity contribution in [1.82, 2.24) is 10.1 Å². The highest BCUT2D eigenvalue weighted by Gasteiger charge is 2.20. The molecule has 4 nitrogen and oxygen atoms in total. The maximum absolute atomic E-state index is 5.86. The molecule has 0 aliphatic rings. The Bertz CT molecular complexity index is 785. The summed E-state index contributed by atoms with van der Waals surface area (Å²) in [6, 6.07) is 7.94. The standard InChI is InChI=1S/C17H18N2O2/c1-11-8-9-18-10-14(11)12-6-5-7-13-15(12)21-19-16(13)20-17(2,3)4/h5-10H,1-4H3. The molecule has 21 heavy (non-hydrogen) atoms. The smallest absolute Gasteiger partial charge is 0.262 e. The maximum Gasteiger partial charge on any atom is 0.262 e. The van der Waals surface area contributed by atoms with E-state index in [-0.39, 0.29) is 5.60 Å². The zero-order valence-electron chi connectivity index (χ0n) is 12.7. The van der Waals surface area contributed by atoms with E-state index in [0.29, 0.717) is 5.88 Å². The van der Waals surface area contributed by atoms with Crippen LogP contribution in [0.4, 0.5) is 0 Å². The molecule has 0 N–H and O–H groups in total. The summed E-state index contributed by atoms with van der Waals surface area (Å²) in [5, 5.41) is 4.96. The molecule has 4 heteroatoms. The number of aryl methyl sites for hydroxylation is 1. The molecule has 3 rings (SSSR count). The van der Waals surface area contributed by atoms with Gasteiger partial charge in [-0.25, -0.2) is 0 Å². The van der Waals surface area contributed by atoms with Gasteiger partial charge in [-0.2, -0.15) is 0 Å². The van der Waals surface area contributed by atoms with Crippen molar-refractivity contribution in [2.24, 2.45) is 0 Å². The average molecular weight is 282 g/mol. The Morgan fingerprint density at radius 1 is 1.10 bits per heavy atom. The Morgan fingerprint density at radius 3 is 2.62 bits per heavy atom.